The lowest BCUT2D eigenvalue weighted by molar-refractivity contribution is 0.0815. The summed E-state index contributed by atoms with van der Waals surface area (Å²) in [6.45, 7) is 2.93. The fraction of sp³-hybridized carbons (Fsp3) is 0.571. The topological polar surface area (TPSA) is 71.5 Å². The van der Waals surface area contributed by atoms with E-state index in [0.717, 1.165) is 0 Å². The number of hydrogen-bond acceptors (Lipinski definition) is 4. The number of ether oxygens (including phenoxy) is 1. The molecule has 0 bridgehead atoms. The molecule has 0 aliphatic heterocycles. The first kappa shape index (κ1) is 17.3. The van der Waals surface area contributed by atoms with Crippen molar-refractivity contribution in [3.63, 3.8) is 0 Å². The largest absolute Gasteiger partial charge is 0.488 e. The molecule has 1 atom stereocenters. The SMILES string of the molecule is CCC(C)(CCO)NC(=O)c1cc(OCC(F)F)ccn1. The van der Waals surface area contributed by atoms with Crippen LogP contribution in [-0.4, -0.2) is 41.2 Å². The number of pyridine rings is 1. The van der Waals surface area contributed by atoms with Crippen molar-refractivity contribution in [2.75, 3.05) is 13.2 Å². The number of hydrogen-bond donors (Lipinski definition) is 2. The number of halogens is 2. The van der Waals surface area contributed by atoms with E-state index in [-0.39, 0.29) is 18.1 Å². The molecule has 1 rings (SSSR count). The quantitative estimate of drug-likeness (QED) is 0.770. The minimum absolute atomic E-state index is 0.0460. The van der Waals surface area contributed by atoms with Crippen molar-refractivity contribution < 1.29 is 23.4 Å². The van der Waals surface area contributed by atoms with E-state index < -0.39 is 24.5 Å². The van der Waals surface area contributed by atoms with Gasteiger partial charge >= 0.3 is 0 Å². The van der Waals surface area contributed by atoms with E-state index >= 15 is 0 Å². The Morgan fingerprint density at radius 2 is 2.29 bits per heavy atom. The van der Waals surface area contributed by atoms with E-state index in [1.54, 1.807) is 0 Å². The minimum atomic E-state index is -2.58. The van der Waals surface area contributed by atoms with E-state index in [1.165, 1.54) is 18.3 Å². The van der Waals surface area contributed by atoms with Gasteiger partial charge in [0.2, 0.25) is 0 Å². The van der Waals surface area contributed by atoms with Crippen LogP contribution in [0, 0.1) is 0 Å². The summed E-state index contributed by atoms with van der Waals surface area (Å²) in [6.07, 6.45) is -0.202. The molecule has 0 aliphatic rings. The van der Waals surface area contributed by atoms with Crippen LogP contribution < -0.4 is 10.1 Å². The van der Waals surface area contributed by atoms with Crippen molar-refractivity contribution in [3.8, 4) is 5.75 Å². The summed E-state index contributed by atoms with van der Waals surface area (Å²) in [5, 5.41) is 11.8. The summed E-state index contributed by atoms with van der Waals surface area (Å²) in [7, 11) is 0. The molecule has 2 N–H and O–H groups in total. The molecule has 0 radical (unpaired) electrons. The van der Waals surface area contributed by atoms with Gasteiger partial charge in [0.1, 0.15) is 18.1 Å². The maximum atomic E-state index is 12.1. The summed E-state index contributed by atoms with van der Waals surface area (Å²) in [5.74, 6) is -0.272. The lowest BCUT2D eigenvalue weighted by atomic mass is 9.94. The second-order valence-electron chi connectivity index (χ2n) is 4.92. The molecule has 0 saturated carbocycles. The van der Waals surface area contributed by atoms with Crippen LogP contribution >= 0.6 is 0 Å². The number of nitrogens with one attached hydrogen (secondary N) is 1. The number of aromatic nitrogens is 1. The monoisotopic (exact) mass is 302 g/mol. The van der Waals surface area contributed by atoms with Crippen molar-refractivity contribution >= 4 is 5.91 Å². The summed E-state index contributed by atoms with van der Waals surface area (Å²) in [5.41, 5.74) is -0.466. The molecular formula is C14H20F2N2O3. The van der Waals surface area contributed by atoms with Crippen molar-refractivity contribution in [1.29, 1.82) is 0 Å². The number of nitrogens with zero attached hydrogens (tertiary/aromatic N) is 1. The number of amides is 1. The maximum absolute atomic E-state index is 12.1. The second kappa shape index (κ2) is 7.87. The molecule has 21 heavy (non-hydrogen) atoms. The predicted octanol–water partition coefficient (Wildman–Crippen LogP) is 2.01. The number of alkyl halides is 2. The fourth-order valence-corrected chi connectivity index (χ4v) is 1.70. The zero-order valence-corrected chi connectivity index (χ0v) is 12.1. The molecule has 0 aliphatic carbocycles. The molecule has 5 nitrogen and oxygen atoms in total. The van der Waals surface area contributed by atoms with Crippen LogP contribution in [-0.2, 0) is 0 Å². The smallest absolute Gasteiger partial charge is 0.272 e. The highest BCUT2D eigenvalue weighted by Crippen LogP contribution is 2.16. The lowest BCUT2D eigenvalue weighted by Gasteiger charge is -2.28. The van der Waals surface area contributed by atoms with Gasteiger partial charge in [0.25, 0.3) is 12.3 Å². The molecule has 0 saturated heterocycles. The summed E-state index contributed by atoms with van der Waals surface area (Å²) < 4.78 is 29.0. The number of aliphatic hydroxyl groups is 1. The molecule has 1 heterocycles. The highest BCUT2D eigenvalue weighted by Gasteiger charge is 2.24. The van der Waals surface area contributed by atoms with Crippen molar-refractivity contribution in [1.82, 2.24) is 10.3 Å². The molecule has 0 fully saturated rings. The molecule has 7 heteroatoms. The number of aliphatic hydroxyl groups excluding tert-OH is 1. The molecule has 1 amide bonds. The Bertz CT molecular complexity index is 471. The van der Waals surface area contributed by atoms with Gasteiger partial charge in [-0.05, 0) is 25.8 Å². The highest BCUT2D eigenvalue weighted by molar-refractivity contribution is 5.93. The third kappa shape index (κ3) is 5.63. The molecule has 0 spiro atoms. The summed E-state index contributed by atoms with van der Waals surface area (Å²) in [4.78, 5) is 16.0. The number of carbonyl (C=O) groups excluding carboxylic acids is 1. The Morgan fingerprint density at radius 3 is 2.86 bits per heavy atom. The van der Waals surface area contributed by atoms with Crippen LogP contribution in [0.5, 0.6) is 5.75 Å². The average molecular weight is 302 g/mol. The molecule has 1 unspecified atom stereocenters. The first-order chi connectivity index (χ1) is 9.90. The highest BCUT2D eigenvalue weighted by atomic mass is 19.3. The Labute approximate surface area is 122 Å². The first-order valence-corrected chi connectivity index (χ1v) is 6.70. The Kier molecular flexibility index (Phi) is 6.48. The maximum Gasteiger partial charge on any atom is 0.272 e. The Morgan fingerprint density at radius 1 is 1.57 bits per heavy atom. The predicted molar refractivity (Wildman–Crippen MR) is 73.6 cm³/mol. The Hall–Kier alpha value is -1.76. The zero-order valence-electron chi connectivity index (χ0n) is 12.1. The molecule has 1 aromatic heterocycles. The van der Waals surface area contributed by atoms with Gasteiger partial charge in [0.15, 0.2) is 0 Å². The van der Waals surface area contributed by atoms with Crippen molar-refractivity contribution in [3.05, 3.63) is 24.0 Å². The van der Waals surface area contributed by atoms with Crippen LogP contribution in [0.25, 0.3) is 0 Å². The van der Waals surface area contributed by atoms with Gasteiger partial charge < -0.3 is 15.2 Å². The van der Waals surface area contributed by atoms with Crippen LogP contribution in [0.4, 0.5) is 8.78 Å². The third-order valence-electron chi connectivity index (χ3n) is 3.20. The van der Waals surface area contributed by atoms with E-state index in [0.29, 0.717) is 12.8 Å². The van der Waals surface area contributed by atoms with Gasteiger partial charge in [-0.1, -0.05) is 6.92 Å². The third-order valence-corrected chi connectivity index (χ3v) is 3.20. The first-order valence-electron chi connectivity index (χ1n) is 6.70. The van der Waals surface area contributed by atoms with E-state index in [9.17, 15) is 13.6 Å². The normalized spacial score (nSPS) is 13.8. The number of rotatable bonds is 8. The molecule has 1 aromatic rings. The lowest BCUT2D eigenvalue weighted by Crippen LogP contribution is -2.46. The van der Waals surface area contributed by atoms with E-state index in [4.69, 9.17) is 9.84 Å². The summed E-state index contributed by atoms with van der Waals surface area (Å²) >= 11 is 0. The zero-order chi connectivity index (χ0) is 15.9. The van der Waals surface area contributed by atoms with Crippen LogP contribution in [0.2, 0.25) is 0 Å². The fourth-order valence-electron chi connectivity index (χ4n) is 1.70. The van der Waals surface area contributed by atoms with Gasteiger partial charge in [0, 0.05) is 24.4 Å². The van der Waals surface area contributed by atoms with E-state index in [1.807, 2.05) is 13.8 Å². The molecular weight excluding hydrogens is 282 g/mol. The minimum Gasteiger partial charge on any atom is -0.488 e. The standard InChI is InChI=1S/C14H20F2N2O3/c1-3-14(2,5-7-19)18-13(20)11-8-10(4-6-17-11)21-9-12(15)16/h4,6,8,12,19H,3,5,7,9H2,1-2H3,(H,18,20). The average Bonchev–Trinajstić information content (AvgIpc) is 2.45. The van der Waals surface area contributed by atoms with Crippen molar-refractivity contribution in [2.45, 2.75) is 38.7 Å². The van der Waals surface area contributed by atoms with Crippen LogP contribution in [0.15, 0.2) is 18.3 Å². The van der Waals surface area contributed by atoms with Gasteiger partial charge in [-0.25, -0.2) is 8.78 Å². The second-order valence-corrected chi connectivity index (χ2v) is 4.92. The summed E-state index contributed by atoms with van der Waals surface area (Å²) in [6, 6.07) is 2.72. The Balaban J connectivity index is 2.76. The number of carbonyl (C=O) groups is 1. The van der Waals surface area contributed by atoms with Gasteiger partial charge in [-0.3, -0.25) is 9.78 Å². The van der Waals surface area contributed by atoms with E-state index in [2.05, 4.69) is 10.3 Å². The van der Waals surface area contributed by atoms with Gasteiger partial charge in [-0.2, -0.15) is 0 Å². The molecule has 118 valence electrons. The van der Waals surface area contributed by atoms with Gasteiger partial charge in [-0.15, -0.1) is 0 Å². The molecule has 0 aromatic carbocycles. The van der Waals surface area contributed by atoms with Crippen LogP contribution in [0.1, 0.15) is 37.2 Å². The van der Waals surface area contributed by atoms with Gasteiger partial charge in [0.05, 0.1) is 0 Å². The van der Waals surface area contributed by atoms with Crippen LogP contribution in [0.3, 0.4) is 0 Å². The van der Waals surface area contributed by atoms with Crippen molar-refractivity contribution in [2.24, 2.45) is 0 Å².